The number of hydrogen-bond donors (Lipinski definition) is 1. The van der Waals surface area contributed by atoms with E-state index in [9.17, 15) is 9.90 Å². The number of hydrogen-bond acceptors (Lipinski definition) is 8. The zero-order valence-electron chi connectivity index (χ0n) is 22.8. The molecule has 0 bridgehead atoms. The van der Waals surface area contributed by atoms with Crippen molar-refractivity contribution in [2.75, 3.05) is 0 Å². The molecule has 0 unspecified atom stereocenters. The predicted octanol–water partition coefficient (Wildman–Crippen LogP) is 5.23. The van der Waals surface area contributed by atoms with E-state index in [-0.39, 0.29) is 6.10 Å². The van der Waals surface area contributed by atoms with E-state index in [1.54, 1.807) is 0 Å². The normalized spacial score (nSPS) is 44.5. The van der Waals surface area contributed by atoms with Crippen LogP contribution >= 0.6 is 0 Å². The van der Waals surface area contributed by atoms with E-state index >= 15 is 0 Å². The molecule has 2 spiro atoms. The summed E-state index contributed by atoms with van der Waals surface area (Å²) in [6, 6.07) is 0. The zero-order valence-corrected chi connectivity index (χ0v) is 22.8. The third-order valence-corrected chi connectivity index (χ3v) is 10.0. The number of fused-ring (bicyclic) bond motifs is 3. The van der Waals surface area contributed by atoms with Crippen molar-refractivity contribution >= 4 is 6.16 Å². The maximum absolute atomic E-state index is 13.2. The first-order chi connectivity index (χ1) is 17.8. The van der Waals surface area contributed by atoms with Gasteiger partial charge in [0.1, 0.15) is 36.6 Å². The molecule has 0 aromatic carbocycles. The maximum atomic E-state index is 13.2. The molecule has 2 heterocycles. The van der Waals surface area contributed by atoms with Crippen LogP contribution in [0.15, 0.2) is 0 Å². The van der Waals surface area contributed by atoms with Crippen molar-refractivity contribution in [3.8, 4) is 0 Å². The zero-order chi connectivity index (χ0) is 25.8. The van der Waals surface area contributed by atoms with Gasteiger partial charge in [0, 0.05) is 25.7 Å². The summed E-state index contributed by atoms with van der Waals surface area (Å²) in [4.78, 5) is 13.2. The highest BCUT2D eigenvalue weighted by molar-refractivity contribution is 5.60. The Morgan fingerprint density at radius 1 is 0.784 bits per heavy atom. The molecule has 0 radical (unpaired) electrons. The van der Waals surface area contributed by atoms with E-state index in [2.05, 4.69) is 20.8 Å². The lowest BCUT2D eigenvalue weighted by Crippen LogP contribution is -2.62. The maximum Gasteiger partial charge on any atom is 0.509 e. The molecule has 8 nitrogen and oxygen atoms in total. The highest BCUT2D eigenvalue weighted by Gasteiger charge is 2.67. The summed E-state index contributed by atoms with van der Waals surface area (Å²) in [6.07, 6.45) is 7.64. The van der Waals surface area contributed by atoms with E-state index in [4.69, 9.17) is 28.4 Å². The SMILES string of the molecule is CC(C)[C@@H]1CC[C@@H](C)C[C@H]1OC(=O)O[C@H]1[C@H](O)[C@H]2OC3(CCCCC3)O[C@@H]2[C@H]2OC3(CCCCC3)O[C@H]21. The molecule has 4 aliphatic carbocycles. The van der Waals surface area contributed by atoms with Gasteiger partial charge in [-0.1, -0.05) is 40.0 Å². The van der Waals surface area contributed by atoms with Gasteiger partial charge in [-0.25, -0.2) is 4.79 Å². The summed E-state index contributed by atoms with van der Waals surface area (Å²) in [6.45, 7) is 6.58. The quantitative estimate of drug-likeness (QED) is 0.504. The van der Waals surface area contributed by atoms with Crippen molar-refractivity contribution in [2.45, 2.75) is 159 Å². The molecule has 37 heavy (non-hydrogen) atoms. The van der Waals surface area contributed by atoms with Crippen LogP contribution in [-0.2, 0) is 28.4 Å². The van der Waals surface area contributed by atoms with Gasteiger partial charge in [-0.3, -0.25) is 0 Å². The summed E-state index contributed by atoms with van der Waals surface area (Å²) in [5, 5.41) is 11.6. The van der Waals surface area contributed by atoms with Crippen molar-refractivity contribution in [1.29, 1.82) is 0 Å². The van der Waals surface area contributed by atoms with E-state index < -0.39 is 54.4 Å². The highest BCUT2D eigenvalue weighted by atomic mass is 16.8. The minimum absolute atomic E-state index is 0.178. The minimum Gasteiger partial charge on any atom is -0.431 e. The van der Waals surface area contributed by atoms with Gasteiger partial charge in [0.2, 0.25) is 0 Å². The van der Waals surface area contributed by atoms with Crippen molar-refractivity contribution in [3.63, 3.8) is 0 Å². The molecule has 6 aliphatic rings. The van der Waals surface area contributed by atoms with Gasteiger partial charge in [-0.15, -0.1) is 0 Å². The Labute approximate surface area is 221 Å². The van der Waals surface area contributed by atoms with Gasteiger partial charge in [-0.2, -0.15) is 0 Å². The molecular weight excluding hydrogens is 476 g/mol. The van der Waals surface area contributed by atoms with Crippen LogP contribution in [0, 0.1) is 17.8 Å². The van der Waals surface area contributed by atoms with Crippen LogP contribution in [-0.4, -0.2) is 65.6 Å². The molecule has 6 rings (SSSR count). The Hall–Kier alpha value is -0.930. The number of ether oxygens (including phenoxy) is 6. The van der Waals surface area contributed by atoms with Crippen LogP contribution in [0.1, 0.15) is 104 Å². The topological polar surface area (TPSA) is 92.7 Å². The Bertz CT molecular complexity index is 819. The number of aliphatic hydroxyl groups excluding tert-OH is 1. The third kappa shape index (κ3) is 4.94. The summed E-state index contributed by atoms with van der Waals surface area (Å²) in [5.41, 5.74) is 0. The predicted molar refractivity (Wildman–Crippen MR) is 134 cm³/mol. The Balaban J connectivity index is 1.22. The number of rotatable bonds is 3. The Morgan fingerprint density at radius 2 is 1.32 bits per heavy atom. The minimum atomic E-state index is -1.08. The van der Waals surface area contributed by atoms with Gasteiger partial charge in [0.05, 0.1) is 0 Å². The average Bonchev–Trinajstić information content (AvgIpc) is 3.41. The van der Waals surface area contributed by atoms with Crippen LogP contribution in [0.25, 0.3) is 0 Å². The number of carbonyl (C=O) groups excluding carboxylic acids is 1. The smallest absolute Gasteiger partial charge is 0.431 e. The van der Waals surface area contributed by atoms with Crippen molar-refractivity contribution in [1.82, 2.24) is 0 Å². The molecule has 0 aromatic rings. The van der Waals surface area contributed by atoms with Gasteiger partial charge in [-0.05, 0) is 56.3 Å². The van der Waals surface area contributed by atoms with E-state index in [0.717, 1.165) is 83.5 Å². The fourth-order valence-corrected chi connectivity index (χ4v) is 8.02. The van der Waals surface area contributed by atoms with Gasteiger partial charge in [0.25, 0.3) is 0 Å². The molecular formula is C29H46O8. The van der Waals surface area contributed by atoms with Crippen LogP contribution in [0.3, 0.4) is 0 Å². The number of carbonyl (C=O) groups is 1. The lowest BCUT2D eigenvalue weighted by Gasteiger charge is -2.40. The van der Waals surface area contributed by atoms with E-state index in [0.29, 0.717) is 17.8 Å². The molecule has 2 aliphatic heterocycles. The average molecular weight is 523 g/mol. The van der Waals surface area contributed by atoms with Crippen LogP contribution in [0.4, 0.5) is 4.79 Å². The van der Waals surface area contributed by atoms with Gasteiger partial charge in [0.15, 0.2) is 17.7 Å². The van der Waals surface area contributed by atoms with E-state index in [1.807, 2.05) is 0 Å². The summed E-state index contributed by atoms with van der Waals surface area (Å²) >= 11 is 0. The summed E-state index contributed by atoms with van der Waals surface area (Å²) < 4.78 is 38.2. The second-order valence-corrected chi connectivity index (χ2v) is 13.1. The second kappa shape index (κ2) is 10.2. The fraction of sp³-hybridized carbons (Fsp3) is 0.966. The molecule has 6 fully saturated rings. The molecule has 0 aromatic heterocycles. The number of aliphatic hydroxyl groups is 1. The van der Waals surface area contributed by atoms with Gasteiger partial charge < -0.3 is 33.5 Å². The third-order valence-electron chi connectivity index (χ3n) is 10.0. The molecule has 4 saturated carbocycles. The van der Waals surface area contributed by atoms with Crippen LogP contribution < -0.4 is 0 Å². The monoisotopic (exact) mass is 522 g/mol. The second-order valence-electron chi connectivity index (χ2n) is 13.1. The first kappa shape index (κ1) is 26.3. The van der Waals surface area contributed by atoms with Crippen LogP contribution in [0.2, 0.25) is 0 Å². The fourth-order valence-electron chi connectivity index (χ4n) is 8.02. The van der Waals surface area contributed by atoms with Crippen molar-refractivity contribution < 1.29 is 38.3 Å². The first-order valence-electron chi connectivity index (χ1n) is 15.0. The summed E-state index contributed by atoms with van der Waals surface area (Å²) in [7, 11) is 0. The molecule has 2 saturated heterocycles. The molecule has 8 heteroatoms. The Morgan fingerprint density at radius 3 is 1.92 bits per heavy atom. The molecule has 210 valence electrons. The summed E-state index contributed by atoms with van der Waals surface area (Å²) in [5.74, 6) is -0.161. The molecule has 0 amide bonds. The van der Waals surface area contributed by atoms with Gasteiger partial charge >= 0.3 is 6.16 Å². The first-order valence-corrected chi connectivity index (χ1v) is 15.0. The lowest BCUT2D eigenvalue weighted by molar-refractivity contribution is -0.225. The standard InChI is InChI=1S/C29H46O8/c1-17(2)19-11-10-18(3)16-20(19)32-27(31)33-22-21(30)23-25(36-28(34-23)12-6-4-7-13-28)26-24(22)35-29(37-26)14-8-5-9-15-29/h17-26,30H,4-16H2,1-3H3/t18-,19+,20-,21+,22+,23-,24+,25+,26+/m1/s1. The largest absolute Gasteiger partial charge is 0.509 e. The lowest BCUT2D eigenvalue weighted by atomic mass is 9.75. The molecule has 9 atom stereocenters. The van der Waals surface area contributed by atoms with Crippen molar-refractivity contribution in [3.05, 3.63) is 0 Å². The molecule has 1 N–H and O–H groups in total. The van der Waals surface area contributed by atoms with Crippen molar-refractivity contribution in [2.24, 2.45) is 17.8 Å². The Kier molecular flexibility index (Phi) is 7.27. The van der Waals surface area contributed by atoms with Crippen LogP contribution in [0.5, 0.6) is 0 Å². The highest BCUT2D eigenvalue weighted by Crippen LogP contribution is 2.52. The van der Waals surface area contributed by atoms with E-state index in [1.165, 1.54) is 0 Å².